The van der Waals surface area contributed by atoms with E-state index in [0.29, 0.717) is 5.56 Å². The van der Waals surface area contributed by atoms with Crippen LogP contribution >= 0.6 is 0 Å². The SMILES string of the molecule is COC1CCCN(c2nc(C)ccc2/C(N)=N/O)C1. The first-order valence-electron chi connectivity index (χ1n) is 6.39. The topological polar surface area (TPSA) is 84.0 Å². The van der Waals surface area contributed by atoms with Crippen molar-refractivity contribution in [1.29, 1.82) is 0 Å². The lowest BCUT2D eigenvalue weighted by Gasteiger charge is -2.33. The minimum absolute atomic E-state index is 0.0852. The van der Waals surface area contributed by atoms with Gasteiger partial charge in [-0.05, 0) is 31.9 Å². The average Bonchev–Trinajstić information content (AvgIpc) is 2.46. The Morgan fingerprint density at radius 3 is 3.05 bits per heavy atom. The zero-order valence-corrected chi connectivity index (χ0v) is 11.3. The molecule has 1 aromatic heterocycles. The van der Waals surface area contributed by atoms with Gasteiger partial charge in [0.1, 0.15) is 5.82 Å². The summed E-state index contributed by atoms with van der Waals surface area (Å²) >= 11 is 0. The van der Waals surface area contributed by atoms with Gasteiger partial charge in [0.15, 0.2) is 5.84 Å². The van der Waals surface area contributed by atoms with Crippen LogP contribution < -0.4 is 10.6 Å². The summed E-state index contributed by atoms with van der Waals surface area (Å²) < 4.78 is 5.42. The highest BCUT2D eigenvalue weighted by Crippen LogP contribution is 2.23. The maximum Gasteiger partial charge on any atom is 0.173 e. The molecule has 3 N–H and O–H groups in total. The molecular weight excluding hydrogens is 244 g/mol. The lowest BCUT2D eigenvalue weighted by molar-refractivity contribution is 0.0891. The first kappa shape index (κ1) is 13.6. The highest BCUT2D eigenvalue weighted by molar-refractivity contribution is 6.01. The molecule has 0 aromatic carbocycles. The number of amidine groups is 1. The third-order valence-corrected chi connectivity index (χ3v) is 3.41. The van der Waals surface area contributed by atoms with Crippen LogP contribution in [0, 0.1) is 6.92 Å². The molecule has 1 atom stereocenters. The predicted molar refractivity (Wildman–Crippen MR) is 73.7 cm³/mol. The standard InChI is InChI=1S/C13H20N4O2/c1-9-5-6-11(12(14)16-18)13(15-9)17-7-3-4-10(8-17)19-2/h5-6,10,18H,3-4,7-8H2,1-2H3,(H2,14,16). The molecule has 2 heterocycles. The predicted octanol–water partition coefficient (Wildman–Crippen LogP) is 1.10. The Balaban J connectivity index is 2.34. The van der Waals surface area contributed by atoms with Gasteiger partial charge in [0, 0.05) is 25.9 Å². The normalized spacial score (nSPS) is 20.6. The second-order valence-corrected chi connectivity index (χ2v) is 4.75. The molecule has 0 amide bonds. The summed E-state index contributed by atoms with van der Waals surface area (Å²) in [6, 6.07) is 3.69. The molecule has 104 valence electrons. The Kier molecular flexibility index (Phi) is 4.21. The third-order valence-electron chi connectivity index (χ3n) is 3.41. The van der Waals surface area contributed by atoms with Gasteiger partial charge in [-0.15, -0.1) is 0 Å². The van der Waals surface area contributed by atoms with Crippen LogP contribution in [0.15, 0.2) is 17.3 Å². The quantitative estimate of drug-likeness (QED) is 0.369. The molecule has 0 aliphatic carbocycles. The van der Waals surface area contributed by atoms with Gasteiger partial charge in [-0.2, -0.15) is 0 Å². The van der Waals surface area contributed by atoms with E-state index in [1.807, 2.05) is 19.1 Å². The molecule has 0 saturated carbocycles. The summed E-state index contributed by atoms with van der Waals surface area (Å²) in [5.74, 6) is 0.846. The Hall–Kier alpha value is -1.82. The van der Waals surface area contributed by atoms with Gasteiger partial charge in [0.2, 0.25) is 0 Å². The van der Waals surface area contributed by atoms with Gasteiger partial charge < -0.3 is 20.6 Å². The highest BCUT2D eigenvalue weighted by atomic mass is 16.5. The van der Waals surface area contributed by atoms with Crippen molar-refractivity contribution in [2.45, 2.75) is 25.9 Å². The number of piperidine rings is 1. The highest BCUT2D eigenvalue weighted by Gasteiger charge is 2.23. The van der Waals surface area contributed by atoms with Gasteiger partial charge >= 0.3 is 0 Å². The van der Waals surface area contributed by atoms with Crippen molar-refractivity contribution in [3.8, 4) is 0 Å². The van der Waals surface area contributed by atoms with Gasteiger partial charge in [-0.3, -0.25) is 0 Å². The molecular formula is C13H20N4O2. The molecule has 2 rings (SSSR count). The molecule has 1 fully saturated rings. The molecule has 19 heavy (non-hydrogen) atoms. The van der Waals surface area contributed by atoms with Crippen LogP contribution in [-0.4, -0.2) is 42.3 Å². The second-order valence-electron chi connectivity index (χ2n) is 4.75. The molecule has 1 aliphatic rings. The van der Waals surface area contributed by atoms with Crippen molar-refractivity contribution in [1.82, 2.24) is 4.98 Å². The number of methoxy groups -OCH3 is 1. The van der Waals surface area contributed by atoms with Gasteiger partial charge in [-0.25, -0.2) is 4.98 Å². The van der Waals surface area contributed by atoms with E-state index in [-0.39, 0.29) is 11.9 Å². The van der Waals surface area contributed by atoms with E-state index in [0.717, 1.165) is 37.4 Å². The summed E-state index contributed by atoms with van der Waals surface area (Å²) in [6.45, 7) is 3.61. The maximum atomic E-state index is 8.87. The molecule has 0 bridgehead atoms. The number of oxime groups is 1. The number of hydrogen-bond acceptors (Lipinski definition) is 5. The number of ether oxygens (including phenoxy) is 1. The minimum Gasteiger partial charge on any atom is -0.409 e. The number of anilines is 1. The number of hydrogen-bond donors (Lipinski definition) is 2. The first-order chi connectivity index (χ1) is 9.15. The maximum absolute atomic E-state index is 8.87. The van der Waals surface area contributed by atoms with E-state index in [9.17, 15) is 0 Å². The van der Waals surface area contributed by atoms with E-state index < -0.39 is 0 Å². The molecule has 0 radical (unpaired) electrons. The number of nitrogens with two attached hydrogens (primary N) is 1. The minimum atomic E-state index is 0.0852. The fourth-order valence-corrected chi connectivity index (χ4v) is 2.36. The van der Waals surface area contributed by atoms with Crippen LogP contribution in [0.4, 0.5) is 5.82 Å². The molecule has 0 spiro atoms. The van der Waals surface area contributed by atoms with Crippen LogP contribution in [0.1, 0.15) is 24.1 Å². The van der Waals surface area contributed by atoms with Crippen molar-refractivity contribution < 1.29 is 9.94 Å². The number of aryl methyl sites for hydroxylation is 1. The van der Waals surface area contributed by atoms with Crippen molar-refractivity contribution in [2.75, 3.05) is 25.1 Å². The van der Waals surface area contributed by atoms with Crippen LogP contribution in [-0.2, 0) is 4.74 Å². The molecule has 6 nitrogen and oxygen atoms in total. The van der Waals surface area contributed by atoms with Crippen molar-refractivity contribution >= 4 is 11.7 Å². The van der Waals surface area contributed by atoms with Crippen LogP contribution in [0.2, 0.25) is 0 Å². The molecule has 1 aromatic rings. The Morgan fingerprint density at radius 2 is 2.37 bits per heavy atom. The summed E-state index contributed by atoms with van der Waals surface area (Å²) in [5, 5.41) is 12.0. The number of rotatable bonds is 3. The number of aromatic nitrogens is 1. The lowest BCUT2D eigenvalue weighted by Crippen LogP contribution is -2.40. The Labute approximate surface area is 112 Å². The van der Waals surface area contributed by atoms with Crippen molar-refractivity contribution in [3.05, 3.63) is 23.4 Å². The van der Waals surface area contributed by atoms with E-state index in [1.54, 1.807) is 7.11 Å². The fraction of sp³-hybridized carbons (Fsp3) is 0.538. The van der Waals surface area contributed by atoms with E-state index in [2.05, 4.69) is 15.0 Å². The zero-order valence-electron chi connectivity index (χ0n) is 11.3. The summed E-state index contributed by atoms with van der Waals surface area (Å²) in [4.78, 5) is 6.67. The second kappa shape index (κ2) is 5.88. The lowest BCUT2D eigenvalue weighted by atomic mass is 10.1. The molecule has 1 unspecified atom stereocenters. The van der Waals surface area contributed by atoms with Crippen molar-refractivity contribution in [3.63, 3.8) is 0 Å². The van der Waals surface area contributed by atoms with E-state index >= 15 is 0 Å². The summed E-state index contributed by atoms with van der Waals surface area (Å²) in [5.41, 5.74) is 7.28. The fourth-order valence-electron chi connectivity index (χ4n) is 2.36. The van der Waals surface area contributed by atoms with Crippen LogP contribution in [0.25, 0.3) is 0 Å². The Bertz CT molecular complexity index is 476. The third kappa shape index (κ3) is 2.96. The number of pyridine rings is 1. The average molecular weight is 264 g/mol. The van der Waals surface area contributed by atoms with Crippen molar-refractivity contribution in [2.24, 2.45) is 10.9 Å². The summed E-state index contributed by atoms with van der Waals surface area (Å²) in [6.07, 6.45) is 2.30. The molecule has 1 saturated heterocycles. The largest absolute Gasteiger partial charge is 0.409 e. The number of nitrogens with zero attached hydrogens (tertiary/aromatic N) is 3. The summed E-state index contributed by atoms with van der Waals surface area (Å²) in [7, 11) is 1.72. The van der Waals surface area contributed by atoms with Gasteiger partial charge in [-0.1, -0.05) is 5.16 Å². The van der Waals surface area contributed by atoms with Crippen LogP contribution in [0.5, 0.6) is 0 Å². The van der Waals surface area contributed by atoms with E-state index in [4.69, 9.17) is 15.7 Å². The van der Waals surface area contributed by atoms with Crippen LogP contribution in [0.3, 0.4) is 0 Å². The molecule has 1 aliphatic heterocycles. The molecule has 6 heteroatoms. The van der Waals surface area contributed by atoms with Gasteiger partial charge in [0.05, 0.1) is 11.7 Å². The first-order valence-corrected chi connectivity index (χ1v) is 6.39. The monoisotopic (exact) mass is 264 g/mol. The smallest absolute Gasteiger partial charge is 0.173 e. The van der Waals surface area contributed by atoms with E-state index in [1.165, 1.54) is 0 Å². The van der Waals surface area contributed by atoms with Gasteiger partial charge in [0.25, 0.3) is 0 Å². The zero-order chi connectivity index (χ0) is 13.8. The Morgan fingerprint density at radius 1 is 1.58 bits per heavy atom.